The van der Waals surface area contributed by atoms with Crippen molar-refractivity contribution < 1.29 is 0 Å². The highest BCUT2D eigenvalue weighted by Gasteiger charge is 2.11. The van der Waals surface area contributed by atoms with Gasteiger partial charge in [-0.2, -0.15) is 4.98 Å². The summed E-state index contributed by atoms with van der Waals surface area (Å²) >= 11 is 7.75. The molecule has 0 aliphatic heterocycles. The Morgan fingerprint density at radius 3 is 2.80 bits per heavy atom. The van der Waals surface area contributed by atoms with E-state index in [1.54, 1.807) is 11.3 Å². The Morgan fingerprint density at radius 2 is 2.05 bits per heavy atom. The summed E-state index contributed by atoms with van der Waals surface area (Å²) < 4.78 is 0. The number of hydrazine groups is 1. The van der Waals surface area contributed by atoms with Gasteiger partial charge in [0, 0.05) is 4.88 Å². The third-order valence-electron chi connectivity index (χ3n) is 2.77. The largest absolute Gasteiger partial charge is 0.338 e. The molecule has 3 rings (SSSR count). The second-order valence-corrected chi connectivity index (χ2v) is 5.86. The Hall–Kier alpha value is -1.89. The van der Waals surface area contributed by atoms with E-state index >= 15 is 0 Å². The van der Waals surface area contributed by atoms with Crippen molar-refractivity contribution in [3.05, 3.63) is 40.2 Å². The van der Waals surface area contributed by atoms with Gasteiger partial charge in [-0.05, 0) is 25.1 Å². The van der Waals surface area contributed by atoms with Crippen molar-refractivity contribution in [2.24, 2.45) is 5.84 Å². The van der Waals surface area contributed by atoms with Crippen molar-refractivity contribution >= 4 is 50.6 Å². The van der Waals surface area contributed by atoms with Gasteiger partial charge in [0.15, 0.2) is 0 Å². The number of halogens is 1. The maximum absolute atomic E-state index is 6.16. The number of nitrogen functional groups attached to an aromatic ring is 1. The van der Waals surface area contributed by atoms with Gasteiger partial charge < -0.3 is 5.32 Å². The van der Waals surface area contributed by atoms with Crippen molar-refractivity contribution in [1.29, 1.82) is 0 Å². The lowest BCUT2D eigenvalue weighted by Gasteiger charge is -2.09. The second-order valence-electron chi connectivity index (χ2n) is 4.22. The number of aryl methyl sites for hydroxylation is 1. The van der Waals surface area contributed by atoms with Crippen LogP contribution in [0, 0.1) is 6.92 Å². The lowest BCUT2D eigenvalue weighted by Crippen LogP contribution is -2.11. The molecule has 0 spiro atoms. The minimum Gasteiger partial charge on any atom is -0.338 e. The van der Waals surface area contributed by atoms with Gasteiger partial charge in [0.2, 0.25) is 5.95 Å². The number of para-hydroxylation sites is 1. The summed E-state index contributed by atoms with van der Waals surface area (Å²) in [6, 6.07) is 9.55. The average Bonchev–Trinajstić information content (AvgIpc) is 2.81. The monoisotopic (exact) mass is 305 g/mol. The van der Waals surface area contributed by atoms with Crippen LogP contribution >= 0.6 is 22.9 Å². The van der Waals surface area contributed by atoms with Crippen LogP contribution in [-0.4, -0.2) is 9.97 Å². The molecule has 0 unspecified atom stereocenters. The van der Waals surface area contributed by atoms with Gasteiger partial charge in [-0.1, -0.05) is 23.7 Å². The van der Waals surface area contributed by atoms with E-state index in [0.717, 1.165) is 20.8 Å². The van der Waals surface area contributed by atoms with Gasteiger partial charge in [0.1, 0.15) is 10.6 Å². The van der Waals surface area contributed by atoms with E-state index in [-0.39, 0.29) is 0 Å². The Kier molecular flexibility index (Phi) is 3.43. The number of hydrogen-bond acceptors (Lipinski definition) is 6. The lowest BCUT2D eigenvalue weighted by molar-refractivity contribution is 1.16. The Balaban J connectivity index is 2.12. The summed E-state index contributed by atoms with van der Waals surface area (Å²) in [7, 11) is 0. The normalized spacial score (nSPS) is 10.8. The number of aromatic nitrogens is 2. The zero-order valence-corrected chi connectivity index (χ0v) is 12.2. The van der Waals surface area contributed by atoms with E-state index in [4.69, 9.17) is 17.4 Å². The van der Waals surface area contributed by atoms with Crippen molar-refractivity contribution in [2.45, 2.75) is 6.92 Å². The molecular formula is C13H12ClN5S. The Bertz CT molecular complexity index is 771. The molecule has 0 bridgehead atoms. The van der Waals surface area contributed by atoms with Crippen LogP contribution in [-0.2, 0) is 0 Å². The van der Waals surface area contributed by atoms with Gasteiger partial charge in [0.05, 0.1) is 16.1 Å². The SMILES string of the molecule is Cc1cc2c(Nc3ccccc3Cl)nc(NN)nc2s1. The molecule has 0 radical (unpaired) electrons. The predicted octanol–water partition coefficient (Wildman–Crippen LogP) is 3.68. The van der Waals surface area contributed by atoms with E-state index in [2.05, 4.69) is 20.7 Å². The van der Waals surface area contributed by atoms with E-state index in [1.807, 2.05) is 37.3 Å². The van der Waals surface area contributed by atoms with Crippen molar-refractivity contribution in [2.75, 3.05) is 10.7 Å². The fourth-order valence-corrected chi connectivity index (χ4v) is 2.95. The third kappa shape index (κ3) is 2.40. The van der Waals surface area contributed by atoms with E-state index in [1.165, 1.54) is 0 Å². The first-order valence-electron chi connectivity index (χ1n) is 5.94. The molecule has 0 saturated heterocycles. The molecule has 102 valence electrons. The summed E-state index contributed by atoms with van der Waals surface area (Å²) in [5.74, 6) is 6.47. The number of nitrogens with two attached hydrogens (primary N) is 1. The van der Waals surface area contributed by atoms with Crippen LogP contribution in [0.3, 0.4) is 0 Å². The summed E-state index contributed by atoms with van der Waals surface area (Å²) in [5, 5.41) is 4.81. The number of rotatable bonds is 3. The van der Waals surface area contributed by atoms with E-state index < -0.39 is 0 Å². The number of hydrogen-bond donors (Lipinski definition) is 3. The van der Waals surface area contributed by atoms with Crippen LogP contribution in [0.15, 0.2) is 30.3 Å². The second kappa shape index (κ2) is 5.24. The molecule has 7 heteroatoms. The van der Waals surface area contributed by atoms with Gasteiger partial charge in [-0.3, -0.25) is 5.43 Å². The lowest BCUT2D eigenvalue weighted by atomic mass is 10.3. The van der Waals surface area contributed by atoms with Crippen LogP contribution in [0.2, 0.25) is 5.02 Å². The molecule has 0 saturated carbocycles. The summed E-state index contributed by atoms with van der Waals surface area (Å²) in [4.78, 5) is 10.7. The average molecular weight is 306 g/mol. The zero-order valence-electron chi connectivity index (χ0n) is 10.6. The molecule has 0 aliphatic rings. The van der Waals surface area contributed by atoms with Gasteiger partial charge >= 0.3 is 0 Å². The van der Waals surface area contributed by atoms with Crippen LogP contribution in [0.25, 0.3) is 10.2 Å². The third-order valence-corrected chi connectivity index (χ3v) is 4.05. The molecule has 1 aromatic carbocycles. The first kappa shape index (κ1) is 13.1. The fraction of sp³-hybridized carbons (Fsp3) is 0.0769. The molecule has 3 aromatic rings. The summed E-state index contributed by atoms with van der Waals surface area (Å²) in [5.41, 5.74) is 3.27. The van der Waals surface area contributed by atoms with Crippen molar-refractivity contribution in [3.63, 3.8) is 0 Å². The molecule has 2 heterocycles. The van der Waals surface area contributed by atoms with Crippen LogP contribution in [0.4, 0.5) is 17.5 Å². The minimum atomic E-state index is 0.369. The number of nitrogens with one attached hydrogen (secondary N) is 2. The predicted molar refractivity (Wildman–Crippen MR) is 84.7 cm³/mol. The molecular weight excluding hydrogens is 294 g/mol. The van der Waals surface area contributed by atoms with Gasteiger partial charge in [-0.15, -0.1) is 11.3 Å². The Labute approximate surface area is 124 Å². The number of fused-ring (bicyclic) bond motifs is 1. The number of benzene rings is 1. The summed E-state index contributed by atoms with van der Waals surface area (Å²) in [6.07, 6.45) is 0. The van der Waals surface area contributed by atoms with Crippen LogP contribution < -0.4 is 16.6 Å². The fourth-order valence-electron chi connectivity index (χ4n) is 1.89. The number of nitrogens with zero attached hydrogens (tertiary/aromatic N) is 2. The number of anilines is 3. The maximum atomic E-state index is 6.16. The molecule has 5 nitrogen and oxygen atoms in total. The molecule has 0 fully saturated rings. The standard InChI is InChI=1S/C13H12ClN5S/c1-7-6-8-11(16-10-5-3-2-4-9(10)14)17-13(19-15)18-12(8)20-7/h2-6H,15H2,1H3,(H2,16,17,18,19). The number of thiophene rings is 1. The van der Waals surface area contributed by atoms with Crippen LogP contribution in [0.1, 0.15) is 4.88 Å². The molecule has 0 atom stereocenters. The van der Waals surface area contributed by atoms with E-state index in [0.29, 0.717) is 16.8 Å². The van der Waals surface area contributed by atoms with Gasteiger partial charge in [0.25, 0.3) is 0 Å². The minimum absolute atomic E-state index is 0.369. The summed E-state index contributed by atoms with van der Waals surface area (Å²) in [6.45, 7) is 2.03. The van der Waals surface area contributed by atoms with Crippen LogP contribution in [0.5, 0.6) is 0 Å². The zero-order chi connectivity index (χ0) is 14.1. The smallest absolute Gasteiger partial charge is 0.240 e. The molecule has 20 heavy (non-hydrogen) atoms. The first-order valence-corrected chi connectivity index (χ1v) is 7.13. The topological polar surface area (TPSA) is 75.9 Å². The maximum Gasteiger partial charge on any atom is 0.240 e. The van der Waals surface area contributed by atoms with Crippen molar-refractivity contribution in [1.82, 2.24) is 9.97 Å². The molecule has 2 aromatic heterocycles. The quantitative estimate of drug-likeness (QED) is 0.508. The van der Waals surface area contributed by atoms with Gasteiger partial charge in [-0.25, -0.2) is 10.8 Å². The highest BCUT2D eigenvalue weighted by molar-refractivity contribution is 7.18. The molecule has 0 aliphatic carbocycles. The molecule has 4 N–H and O–H groups in total. The first-order chi connectivity index (χ1) is 9.67. The highest BCUT2D eigenvalue weighted by Crippen LogP contribution is 2.32. The molecule has 0 amide bonds. The van der Waals surface area contributed by atoms with E-state index in [9.17, 15) is 0 Å². The highest BCUT2D eigenvalue weighted by atomic mass is 35.5. The van der Waals surface area contributed by atoms with Crippen molar-refractivity contribution in [3.8, 4) is 0 Å². The Morgan fingerprint density at radius 1 is 1.25 bits per heavy atom.